The van der Waals surface area contributed by atoms with Crippen molar-refractivity contribution in [3.8, 4) is 5.75 Å². The van der Waals surface area contributed by atoms with Gasteiger partial charge in [-0.2, -0.15) is 0 Å². The van der Waals surface area contributed by atoms with Gasteiger partial charge in [0, 0.05) is 51.0 Å². The summed E-state index contributed by atoms with van der Waals surface area (Å²) in [6.07, 6.45) is 1.56. The molecule has 1 saturated heterocycles. The number of aryl methyl sites for hydroxylation is 1. The number of aromatic nitrogens is 1. The zero-order valence-electron chi connectivity index (χ0n) is 18.6. The van der Waals surface area contributed by atoms with Crippen LogP contribution >= 0.6 is 0 Å². The Labute approximate surface area is 176 Å². The molecule has 168 valence electrons. The van der Waals surface area contributed by atoms with Crippen molar-refractivity contribution in [3.63, 3.8) is 0 Å². The van der Waals surface area contributed by atoms with Crippen molar-refractivity contribution >= 4 is 12.1 Å². The molecule has 0 bridgehead atoms. The number of piperidine rings is 1. The molecule has 0 N–H and O–H groups in total. The number of nitrogens with zero attached hydrogens (tertiary/aromatic N) is 2. The second-order valence-electron chi connectivity index (χ2n) is 8.27. The monoisotopic (exact) mass is 424 g/mol. The van der Waals surface area contributed by atoms with E-state index in [0.717, 1.165) is 0 Å². The van der Waals surface area contributed by atoms with Crippen molar-refractivity contribution in [3.05, 3.63) is 28.2 Å². The third-order valence-corrected chi connectivity index (χ3v) is 4.81. The highest BCUT2D eigenvalue weighted by Crippen LogP contribution is 2.38. The smallest absolute Gasteiger partial charge is 0.410 e. The van der Waals surface area contributed by atoms with E-state index in [1.165, 1.54) is 22.6 Å². The second kappa shape index (κ2) is 9.97. The van der Waals surface area contributed by atoms with Gasteiger partial charge in [0.2, 0.25) is 0 Å². The van der Waals surface area contributed by atoms with Gasteiger partial charge in [-0.15, -0.1) is 0 Å². The van der Waals surface area contributed by atoms with Crippen LogP contribution < -0.4 is 10.3 Å². The zero-order chi connectivity index (χ0) is 22.5. The van der Waals surface area contributed by atoms with E-state index in [1.807, 2.05) is 0 Å². The van der Waals surface area contributed by atoms with E-state index in [-0.39, 0.29) is 31.4 Å². The van der Waals surface area contributed by atoms with Gasteiger partial charge in [-0.1, -0.05) is 0 Å². The summed E-state index contributed by atoms with van der Waals surface area (Å²) in [6.45, 7) is 7.85. The molecular weight excluding hydrogens is 392 g/mol. The van der Waals surface area contributed by atoms with E-state index >= 15 is 0 Å². The van der Waals surface area contributed by atoms with Gasteiger partial charge >= 0.3 is 12.1 Å². The quantitative estimate of drug-likeness (QED) is 0.510. The maximum absolute atomic E-state index is 12.8. The maximum Gasteiger partial charge on any atom is 0.410 e. The number of pyridine rings is 1. The number of hydrogen-bond acceptors (Lipinski definition) is 7. The van der Waals surface area contributed by atoms with Crippen LogP contribution in [-0.2, 0) is 26.1 Å². The minimum atomic E-state index is -0.650. The third-order valence-electron chi connectivity index (χ3n) is 4.81. The van der Waals surface area contributed by atoms with Crippen molar-refractivity contribution in [2.45, 2.75) is 45.6 Å². The van der Waals surface area contributed by atoms with E-state index in [0.29, 0.717) is 24.3 Å². The summed E-state index contributed by atoms with van der Waals surface area (Å²) in [5, 5.41) is 0. The van der Waals surface area contributed by atoms with Crippen LogP contribution in [0.5, 0.6) is 5.75 Å². The molecule has 1 fully saturated rings. The van der Waals surface area contributed by atoms with Gasteiger partial charge in [-0.25, -0.2) is 4.79 Å². The molecule has 0 spiro atoms. The number of hydrogen-bond donors (Lipinski definition) is 0. The Morgan fingerprint density at radius 3 is 2.57 bits per heavy atom. The minimum Gasteiger partial charge on any atom is -0.466 e. The number of ether oxygens (including phenoxy) is 4. The number of carbonyl (C=O) groups is 2. The van der Waals surface area contributed by atoms with Crippen molar-refractivity contribution in [2.75, 3.05) is 33.6 Å². The lowest BCUT2D eigenvalue weighted by Gasteiger charge is -2.38. The lowest BCUT2D eigenvalue weighted by molar-refractivity contribution is -0.150. The van der Waals surface area contributed by atoms with Gasteiger partial charge in [0.05, 0.1) is 12.5 Å². The van der Waals surface area contributed by atoms with Crippen LogP contribution in [-0.4, -0.2) is 60.7 Å². The van der Waals surface area contributed by atoms with Crippen molar-refractivity contribution in [2.24, 2.45) is 13.0 Å². The number of likely N-dealkylation sites (tertiary alicyclic amines) is 1. The Hall–Kier alpha value is -2.55. The molecule has 2 unspecified atom stereocenters. The number of carbonyl (C=O) groups excluding carboxylic acids is 2. The summed E-state index contributed by atoms with van der Waals surface area (Å²) in [7, 11) is 3.13. The molecule has 30 heavy (non-hydrogen) atoms. The maximum atomic E-state index is 12.8. The number of amides is 1. The van der Waals surface area contributed by atoms with E-state index in [1.54, 1.807) is 40.9 Å². The summed E-state index contributed by atoms with van der Waals surface area (Å²) in [5.74, 6) is -0.954. The number of rotatable bonds is 6. The van der Waals surface area contributed by atoms with Gasteiger partial charge in [-0.05, 0) is 34.1 Å². The third kappa shape index (κ3) is 5.98. The first-order valence-electron chi connectivity index (χ1n) is 10.0. The van der Waals surface area contributed by atoms with Crippen LogP contribution in [0.25, 0.3) is 0 Å². The van der Waals surface area contributed by atoms with E-state index in [4.69, 9.17) is 18.9 Å². The lowest BCUT2D eigenvalue weighted by Crippen LogP contribution is -2.48. The summed E-state index contributed by atoms with van der Waals surface area (Å²) < 4.78 is 22.8. The highest BCUT2D eigenvalue weighted by atomic mass is 16.7. The molecule has 1 aliphatic rings. The standard InChI is InChI=1S/C21H32N2O7/c1-7-28-19(25)16-11-23(20(26)30-21(2,3)4)9-8-14(16)15-10-18(24)22(5)12-17(15)29-13-27-6/h10,12,14,16H,7-9,11,13H2,1-6H3. The van der Waals surface area contributed by atoms with E-state index in [2.05, 4.69) is 0 Å². The van der Waals surface area contributed by atoms with Crippen molar-refractivity contribution < 1.29 is 28.5 Å². The van der Waals surface area contributed by atoms with Crippen LogP contribution in [0, 0.1) is 5.92 Å². The molecule has 1 aromatic heterocycles. The average Bonchev–Trinajstić information content (AvgIpc) is 2.67. The van der Waals surface area contributed by atoms with Gasteiger partial charge in [0.25, 0.3) is 5.56 Å². The molecule has 1 amide bonds. The van der Waals surface area contributed by atoms with Crippen LogP contribution in [0.15, 0.2) is 17.1 Å². The van der Waals surface area contributed by atoms with Crippen LogP contribution in [0.4, 0.5) is 4.79 Å². The lowest BCUT2D eigenvalue weighted by atomic mass is 9.80. The molecule has 0 aromatic carbocycles. The highest BCUT2D eigenvalue weighted by Gasteiger charge is 2.40. The molecule has 1 aromatic rings. The molecule has 9 nitrogen and oxygen atoms in total. The molecule has 9 heteroatoms. The van der Waals surface area contributed by atoms with Gasteiger partial charge in [0.15, 0.2) is 6.79 Å². The van der Waals surface area contributed by atoms with Crippen LogP contribution in [0.2, 0.25) is 0 Å². The predicted molar refractivity (Wildman–Crippen MR) is 109 cm³/mol. The van der Waals surface area contributed by atoms with E-state index < -0.39 is 23.6 Å². The topological polar surface area (TPSA) is 96.3 Å². The first kappa shape index (κ1) is 23.7. The SMILES string of the molecule is CCOC(=O)C1CN(C(=O)OC(C)(C)C)CCC1c1cc(=O)n(C)cc1OCOC. The fourth-order valence-electron chi connectivity index (χ4n) is 3.46. The summed E-state index contributed by atoms with van der Waals surface area (Å²) in [6, 6.07) is 1.48. The Morgan fingerprint density at radius 2 is 1.97 bits per heavy atom. The summed E-state index contributed by atoms with van der Waals surface area (Å²) in [4.78, 5) is 39.1. The fraction of sp³-hybridized carbons (Fsp3) is 0.667. The molecule has 2 rings (SSSR count). The van der Waals surface area contributed by atoms with Crippen LogP contribution in [0.3, 0.4) is 0 Å². The average molecular weight is 424 g/mol. The van der Waals surface area contributed by atoms with E-state index in [9.17, 15) is 14.4 Å². The van der Waals surface area contributed by atoms with Gasteiger partial charge in [0.1, 0.15) is 11.4 Å². The van der Waals surface area contributed by atoms with Gasteiger partial charge in [-0.3, -0.25) is 9.59 Å². The minimum absolute atomic E-state index is 0.00598. The van der Waals surface area contributed by atoms with Crippen molar-refractivity contribution in [1.29, 1.82) is 0 Å². The Morgan fingerprint density at radius 1 is 1.27 bits per heavy atom. The predicted octanol–water partition coefficient (Wildman–Crippen LogP) is 2.27. The largest absolute Gasteiger partial charge is 0.466 e. The fourth-order valence-corrected chi connectivity index (χ4v) is 3.46. The highest BCUT2D eigenvalue weighted by molar-refractivity contribution is 5.76. The van der Waals surface area contributed by atoms with Crippen LogP contribution in [0.1, 0.15) is 45.6 Å². The molecule has 1 aliphatic heterocycles. The second-order valence-corrected chi connectivity index (χ2v) is 8.27. The number of esters is 1. The molecule has 2 atom stereocenters. The molecule has 0 radical (unpaired) electrons. The van der Waals surface area contributed by atoms with Gasteiger partial charge < -0.3 is 28.4 Å². The molecule has 0 aliphatic carbocycles. The molecule has 2 heterocycles. The molecule has 0 saturated carbocycles. The zero-order valence-corrected chi connectivity index (χ0v) is 18.6. The Kier molecular flexibility index (Phi) is 7.89. The Bertz CT molecular complexity index is 813. The number of methoxy groups -OCH3 is 1. The van der Waals surface area contributed by atoms with Crippen molar-refractivity contribution in [1.82, 2.24) is 9.47 Å². The molecular formula is C21H32N2O7. The Balaban J connectivity index is 2.37. The first-order chi connectivity index (χ1) is 14.1. The summed E-state index contributed by atoms with van der Waals surface area (Å²) in [5.41, 5.74) is -0.246. The first-order valence-corrected chi connectivity index (χ1v) is 10.0. The summed E-state index contributed by atoms with van der Waals surface area (Å²) >= 11 is 0. The normalized spacial score (nSPS) is 19.3.